The van der Waals surface area contributed by atoms with E-state index in [1.54, 1.807) is 43.3 Å². The molecule has 114 valence electrons. The summed E-state index contributed by atoms with van der Waals surface area (Å²) in [6.45, 7) is 1.78. The average Bonchev–Trinajstić information content (AvgIpc) is 2.51. The number of benzene rings is 2. The Hall–Kier alpha value is -2.04. The molecule has 2 rings (SSSR count). The fourth-order valence-electron chi connectivity index (χ4n) is 1.73. The van der Waals surface area contributed by atoms with Crippen LogP contribution in [0.25, 0.3) is 0 Å². The lowest BCUT2D eigenvalue weighted by Crippen LogP contribution is -2.12. The van der Waals surface area contributed by atoms with E-state index in [2.05, 4.69) is 10.6 Å². The third kappa shape index (κ3) is 4.23. The molecule has 6 heteroatoms. The van der Waals surface area contributed by atoms with Crippen molar-refractivity contribution in [2.45, 2.75) is 13.3 Å². The number of amides is 2. The van der Waals surface area contributed by atoms with Gasteiger partial charge in [-0.1, -0.05) is 30.1 Å². The Morgan fingerprint density at radius 2 is 1.50 bits per heavy atom. The Bertz CT molecular complexity index is 700. The van der Waals surface area contributed by atoms with Crippen molar-refractivity contribution in [2.24, 2.45) is 0 Å². The van der Waals surface area contributed by atoms with Gasteiger partial charge in [0.25, 0.3) is 5.91 Å². The van der Waals surface area contributed by atoms with Crippen LogP contribution in [0.1, 0.15) is 23.7 Å². The van der Waals surface area contributed by atoms with Gasteiger partial charge in [0.15, 0.2) is 0 Å². The third-order valence-corrected chi connectivity index (χ3v) is 3.67. The van der Waals surface area contributed by atoms with Crippen molar-refractivity contribution in [3.8, 4) is 0 Å². The number of hydrogen-bond donors (Lipinski definition) is 2. The Morgan fingerprint density at radius 3 is 2.05 bits per heavy atom. The van der Waals surface area contributed by atoms with Crippen LogP contribution in [0.5, 0.6) is 0 Å². The Morgan fingerprint density at radius 1 is 0.909 bits per heavy atom. The van der Waals surface area contributed by atoms with Crippen LogP contribution in [-0.4, -0.2) is 11.8 Å². The van der Waals surface area contributed by atoms with E-state index in [1.807, 2.05) is 0 Å². The maximum atomic E-state index is 12.1. The van der Waals surface area contributed by atoms with Crippen molar-refractivity contribution in [1.29, 1.82) is 0 Å². The first kappa shape index (κ1) is 16.3. The van der Waals surface area contributed by atoms with Crippen LogP contribution in [0, 0.1) is 0 Å². The van der Waals surface area contributed by atoms with Gasteiger partial charge in [-0.2, -0.15) is 0 Å². The monoisotopic (exact) mass is 336 g/mol. The highest BCUT2D eigenvalue weighted by molar-refractivity contribution is 6.42. The molecule has 0 heterocycles. The van der Waals surface area contributed by atoms with Crippen LogP contribution < -0.4 is 10.6 Å². The van der Waals surface area contributed by atoms with Crippen molar-refractivity contribution in [3.05, 3.63) is 58.1 Å². The molecule has 22 heavy (non-hydrogen) atoms. The predicted molar refractivity (Wildman–Crippen MR) is 89.8 cm³/mol. The fourth-order valence-corrected chi connectivity index (χ4v) is 2.02. The van der Waals surface area contributed by atoms with Gasteiger partial charge in [0.2, 0.25) is 5.91 Å². The molecule has 2 N–H and O–H groups in total. The van der Waals surface area contributed by atoms with E-state index in [0.717, 1.165) is 0 Å². The number of carbonyl (C=O) groups excluding carboxylic acids is 2. The molecule has 0 aliphatic carbocycles. The number of carbonyl (C=O) groups is 2. The number of halogens is 2. The van der Waals surface area contributed by atoms with E-state index in [1.165, 1.54) is 6.07 Å². The minimum Gasteiger partial charge on any atom is -0.326 e. The van der Waals surface area contributed by atoms with Gasteiger partial charge in [0, 0.05) is 23.4 Å². The molecule has 0 bridgehead atoms. The first-order valence-corrected chi connectivity index (χ1v) is 7.41. The summed E-state index contributed by atoms with van der Waals surface area (Å²) in [5.74, 6) is -0.350. The van der Waals surface area contributed by atoms with E-state index in [0.29, 0.717) is 33.4 Å². The summed E-state index contributed by atoms with van der Waals surface area (Å²) in [5, 5.41) is 6.20. The normalized spacial score (nSPS) is 10.1. The molecule has 2 amide bonds. The molecular formula is C16H14Cl2N2O2. The lowest BCUT2D eigenvalue weighted by molar-refractivity contribution is -0.115. The molecule has 2 aromatic rings. The van der Waals surface area contributed by atoms with E-state index in [4.69, 9.17) is 23.2 Å². The largest absolute Gasteiger partial charge is 0.326 e. The molecule has 4 nitrogen and oxygen atoms in total. The summed E-state index contributed by atoms with van der Waals surface area (Å²) in [6, 6.07) is 11.5. The molecule has 0 spiro atoms. The van der Waals surface area contributed by atoms with E-state index >= 15 is 0 Å². The summed E-state index contributed by atoms with van der Waals surface area (Å²) in [5.41, 5.74) is 1.71. The summed E-state index contributed by atoms with van der Waals surface area (Å²) >= 11 is 11.7. The van der Waals surface area contributed by atoms with E-state index in [-0.39, 0.29) is 11.8 Å². The van der Waals surface area contributed by atoms with Crippen LogP contribution in [0.4, 0.5) is 11.4 Å². The first-order chi connectivity index (χ1) is 10.5. The van der Waals surface area contributed by atoms with Crippen LogP contribution in [0.15, 0.2) is 42.5 Å². The number of nitrogens with one attached hydrogen (secondary N) is 2. The van der Waals surface area contributed by atoms with Gasteiger partial charge < -0.3 is 10.6 Å². The minimum absolute atomic E-state index is 0.0624. The van der Waals surface area contributed by atoms with Gasteiger partial charge in [0.1, 0.15) is 0 Å². The smallest absolute Gasteiger partial charge is 0.255 e. The van der Waals surface area contributed by atoms with Crippen LogP contribution in [0.3, 0.4) is 0 Å². The highest BCUT2D eigenvalue weighted by Crippen LogP contribution is 2.23. The molecule has 0 aromatic heterocycles. The van der Waals surface area contributed by atoms with Gasteiger partial charge in [-0.3, -0.25) is 9.59 Å². The van der Waals surface area contributed by atoms with Crippen LogP contribution >= 0.6 is 23.2 Å². The van der Waals surface area contributed by atoms with Crippen molar-refractivity contribution in [2.75, 3.05) is 10.6 Å². The quantitative estimate of drug-likeness (QED) is 0.857. The summed E-state index contributed by atoms with van der Waals surface area (Å²) < 4.78 is 0. The molecule has 0 atom stereocenters. The molecule has 2 aromatic carbocycles. The second-order valence-corrected chi connectivity index (χ2v) is 5.38. The van der Waals surface area contributed by atoms with Gasteiger partial charge in [0.05, 0.1) is 10.0 Å². The average molecular weight is 337 g/mol. The SMILES string of the molecule is CCC(=O)Nc1ccc(NC(=O)c2ccc(Cl)c(Cl)c2)cc1. The zero-order valence-electron chi connectivity index (χ0n) is 11.8. The number of hydrogen-bond acceptors (Lipinski definition) is 2. The number of rotatable bonds is 4. The summed E-state index contributed by atoms with van der Waals surface area (Å²) in [7, 11) is 0. The van der Waals surface area contributed by atoms with Crippen molar-refractivity contribution < 1.29 is 9.59 Å². The molecule has 0 saturated carbocycles. The van der Waals surface area contributed by atoms with E-state index in [9.17, 15) is 9.59 Å². The molecule has 0 aliphatic heterocycles. The van der Waals surface area contributed by atoms with Crippen molar-refractivity contribution in [3.63, 3.8) is 0 Å². The summed E-state index contributed by atoms with van der Waals surface area (Å²) in [4.78, 5) is 23.4. The second-order valence-electron chi connectivity index (χ2n) is 4.56. The molecule has 0 saturated heterocycles. The molecule has 0 unspecified atom stereocenters. The Labute approximate surface area is 138 Å². The van der Waals surface area contributed by atoms with Gasteiger partial charge in [-0.25, -0.2) is 0 Å². The zero-order chi connectivity index (χ0) is 16.1. The van der Waals surface area contributed by atoms with Gasteiger partial charge >= 0.3 is 0 Å². The van der Waals surface area contributed by atoms with Gasteiger partial charge in [-0.15, -0.1) is 0 Å². The molecule has 0 aliphatic rings. The third-order valence-electron chi connectivity index (χ3n) is 2.93. The highest BCUT2D eigenvalue weighted by atomic mass is 35.5. The van der Waals surface area contributed by atoms with Crippen LogP contribution in [-0.2, 0) is 4.79 Å². The fraction of sp³-hybridized carbons (Fsp3) is 0.125. The maximum absolute atomic E-state index is 12.1. The molecule has 0 radical (unpaired) electrons. The standard InChI is InChI=1S/C16H14Cl2N2O2/c1-2-15(21)19-11-4-6-12(7-5-11)20-16(22)10-3-8-13(17)14(18)9-10/h3-9H,2H2,1H3,(H,19,21)(H,20,22). The first-order valence-electron chi connectivity index (χ1n) is 6.66. The Balaban J connectivity index is 2.05. The number of anilines is 2. The maximum Gasteiger partial charge on any atom is 0.255 e. The molecular weight excluding hydrogens is 323 g/mol. The topological polar surface area (TPSA) is 58.2 Å². The van der Waals surface area contributed by atoms with E-state index < -0.39 is 0 Å². The molecule has 0 fully saturated rings. The zero-order valence-corrected chi connectivity index (χ0v) is 13.3. The Kier molecular flexibility index (Phi) is 5.41. The summed E-state index contributed by atoms with van der Waals surface area (Å²) in [6.07, 6.45) is 0.413. The lowest BCUT2D eigenvalue weighted by Gasteiger charge is -2.08. The van der Waals surface area contributed by atoms with Crippen LogP contribution in [0.2, 0.25) is 10.0 Å². The second kappa shape index (κ2) is 7.29. The lowest BCUT2D eigenvalue weighted by atomic mass is 10.2. The van der Waals surface area contributed by atoms with Crippen molar-refractivity contribution in [1.82, 2.24) is 0 Å². The highest BCUT2D eigenvalue weighted by Gasteiger charge is 2.08. The predicted octanol–water partition coefficient (Wildman–Crippen LogP) is 4.59. The van der Waals surface area contributed by atoms with Gasteiger partial charge in [-0.05, 0) is 42.5 Å². The minimum atomic E-state index is -0.288. The van der Waals surface area contributed by atoms with Crippen molar-refractivity contribution >= 4 is 46.4 Å².